The molecule has 0 unspecified atom stereocenters. The minimum atomic E-state index is -4.53. The highest BCUT2D eigenvalue weighted by molar-refractivity contribution is 7.85. The first-order valence-corrected chi connectivity index (χ1v) is 5.63. The lowest BCUT2D eigenvalue weighted by Crippen LogP contribution is -2.10. The van der Waals surface area contributed by atoms with E-state index in [1.807, 2.05) is 0 Å². The van der Waals surface area contributed by atoms with Crippen LogP contribution in [0.4, 0.5) is 13.2 Å². The summed E-state index contributed by atoms with van der Waals surface area (Å²) in [6.07, 6.45) is -3.67. The maximum Gasteiger partial charge on any atom is 0.433 e. The maximum atomic E-state index is 12.1. The van der Waals surface area contributed by atoms with E-state index in [4.69, 9.17) is 0 Å². The molecule has 90 valence electrons. The molecule has 0 spiro atoms. The van der Waals surface area contributed by atoms with Crippen LogP contribution in [-0.2, 0) is 26.2 Å². The van der Waals surface area contributed by atoms with Gasteiger partial charge in [0.05, 0.1) is 7.11 Å². The molecule has 1 rings (SSSR count). The molecule has 0 saturated carbocycles. The molecule has 0 N–H and O–H groups in total. The van der Waals surface area contributed by atoms with E-state index in [0.29, 0.717) is 0 Å². The Labute approximate surface area is 90.2 Å². The standard InChI is InChI=1S/C8H8F3NO3S/c1-15-16(13,14)5-6-2-3-7(12-4-6)8(9,10)11/h2-4H,5H2,1H3. The molecule has 16 heavy (non-hydrogen) atoms. The second-order valence-electron chi connectivity index (χ2n) is 2.92. The average Bonchev–Trinajstić information content (AvgIpc) is 2.16. The van der Waals surface area contributed by atoms with Crippen LogP contribution in [0.1, 0.15) is 11.3 Å². The molecule has 0 fully saturated rings. The second-order valence-corrected chi connectivity index (χ2v) is 4.66. The summed E-state index contributed by atoms with van der Waals surface area (Å²) < 4.78 is 62.5. The van der Waals surface area contributed by atoms with Crippen LogP contribution < -0.4 is 0 Å². The molecule has 0 radical (unpaired) electrons. The van der Waals surface area contributed by atoms with Crippen molar-refractivity contribution in [1.29, 1.82) is 0 Å². The number of hydrogen-bond acceptors (Lipinski definition) is 4. The Morgan fingerprint density at radius 3 is 2.38 bits per heavy atom. The molecule has 0 aliphatic heterocycles. The van der Waals surface area contributed by atoms with E-state index < -0.39 is 27.7 Å². The van der Waals surface area contributed by atoms with Crippen molar-refractivity contribution in [2.75, 3.05) is 7.11 Å². The zero-order chi connectivity index (χ0) is 12.4. The molecule has 0 saturated heterocycles. The number of nitrogens with zero attached hydrogens (tertiary/aromatic N) is 1. The summed E-state index contributed by atoms with van der Waals surface area (Å²) in [6, 6.07) is 1.77. The second kappa shape index (κ2) is 4.38. The van der Waals surface area contributed by atoms with Gasteiger partial charge in [-0.25, -0.2) is 0 Å². The van der Waals surface area contributed by atoms with E-state index in [1.165, 1.54) is 0 Å². The Hall–Kier alpha value is -1.15. The third-order valence-electron chi connectivity index (χ3n) is 1.71. The predicted molar refractivity (Wildman–Crippen MR) is 48.9 cm³/mol. The van der Waals surface area contributed by atoms with Crippen LogP contribution in [0.3, 0.4) is 0 Å². The predicted octanol–water partition coefficient (Wildman–Crippen LogP) is 1.58. The Kier molecular flexibility index (Phi) is 3.54. The van der Waals surface area contributed by atoms with Gasteiger partial charge in [0.2, 0.25) is 0 Å². The van der Waals surface area contributed by atoms with Crippen molar-refractivity contribution in [3.8, 4) is 0 Å². The monoisotopic (exact) mass is 255 g/mol. The quantitative estimate of drug-likeness (QED) is 0.769. The maximum absolute atomic E-state index is 12.1. The van der Waals surface area contributed by atoms with Crippen LogP contribution >= 0.6 is 0 Å². The number of alkyl halides is 3. The zero-order valence-corrected chi connectivity index (χ0v) is 8.97. The summed E-state index contributed by atoms with van der Waals surface area (Å²) in [5.41, 5.74) is -0.930. The number of halogens is 3. The van der Waals surface area contributed by atoms with Crippen LogP contribution in [0.2, 0.25) is 0 Å². The van der Waals surface area contributed by atoms with Crippen LogP contribution in [0.25, 0.3) is 0 Å². The SMILES string of the molecule is COS(=O)(=O)Cc1ccc(C(F)(F)F)nc1. The van der Waals surface area contributed by atoms with Gasteiger partial charge >= 0.3 is 6.18 Å². The third kappa shape index (κ3) is 3.46. The van der Waals surface area contributed by atoms with Gasteiger partial charge in [-0.05, 0) is 11.6 Å². The third-order valence-corrected chi connectivity index (χ3v) is 2.91. The molecule has 0 aliphatic carbocycles. The van der Waals surface area contributed by atoms with Crippen molar-refractivity contribution in [1.82, 2.24) is 4.98 Å². The van der Waals surface area contributed by atoms with Crippen molar-refractivity contribution in [3.05, 3.63) is 29.6 Å². The van der Waals surface area contributed by atoms with Gasteiger partial charge < -0.3 is 0 Å². The minimum absolute atomic E-state index is 0.134. The molecular formula is C8H8F3NO3S. The van der Waals surface area contributed by atoms with E-state index >= 15 is 0 Å². The first-order chi connectivity index (χ1) is 7.24. The molecule has 1 aromatic heterocycles. The van der Waals surface area contributed by atoms with Gasteiger partial charge in [-0.2, -0.15) is 21.6 Å². The first-order valence-electron chi connectivity index (χ1n) is 4.05. The highest BCUT2D eigenvalue weighted by Gasteiger charge is 2.32. The van der Waals surface area contributed by atoms with Crippen LogP contribution in [0.5, 0.6) is 0 Å². The lowest BCUT2D eigenvalue weighted by molar-refractivity contribution is -0.141. The van der Waals surface area contributed by atoms with Crippen molar-refractivity contribution in [2.45, 2.75) is 11.9 Å². The van der Waals surface area contributed by atoms with Crippen LogP contribution in [-0.4, -0.2) is 20.5 Å². The average molecular weight is 255 g/mol. The van der Waals surface area contributed by atoms with Gasteiger partial charge in [-0.1, -0.05) is 6.07 Å². The molecule has 0 amide bonds. The molecule has 8 heteroatoms. The molecule has 0 atom stereocenters. The van der Waals surface area contributed by atoms with Crippen molar-refractivity contribution in [2.24, 2.45) is 0 Å². The summed E-state index contributed by atoms with van der Waals surface area (Å²) in [7, 11) is -2.76. The van der Waals surface area contributed by atoms with E-state index in [1.54, 1.807) is 0 Å². The number of aromatic nitrogens is 1. The van der Waals surface area contributed by atoms with E-state index in [0.717, 1.165) is 25.4 Å². The molecular weight excluding hydrogens is 247 g/mol. The highest BCUT2D eigenvalue weighted by Crippen LogP contribution is 2.27. The fourth-order valence-electron chi connectivity index (χ4n) is 0.941. The fraction of sp³-hybridized carbons (Fsp3) is 0.375. The van der Waals surface area contributed by atoms with Gasteiger partial charge in [0.25, 0.3) is 10.1 Å². The Balaban J connectivity index is 2.89. The smallest absolute Gasteiger partial charge is 0.273 e. The Morgan fingerprint density at radius 2 is 2.00 bits per heavy atom. The lowest BCUT2D eigenvalue weighted by atomic mass is 10.3. The van der Waals surface area contributed by atoms with E-state index in [2.05, 4.69) is 9.17 Å². The topological polar surface area (TPSA) is 56.3 Å². The van der Waals surface area contributed by atoms with Gasteiger partial charge in [0, 0.05) is 6.20 Å². The molecule has 4 nitrogen and oxygen atoms in total. The molecule has 1 aromatic rings. The normalized spacial score (nSPS) is 12.8. The van der Waals surface area contributed by atoms with Crippen molar-refractivity contribution in [3.63, 3.8) is 0 Å². The van der Waals surface area contributed by atoms with Gasteiger partial charge in [-0.3, -0.25) is 9.17 Å². The van der Waals surface area contributed by atoms with Crippen LogP contribution in [0.15, 0.2) is 18.3 Å². The number of hydrogen-bond donors (Lipinski definition) is 0. The molecule has 0 aliphatic rings. The van der Waals surface area contributed by atoms with E-state index in [9.17, 15) is 21.6 Å². The minimum Gasteiger partial charge on any atom is -0.273 e. The van der Waals surface area contributed by atoms with Gasteiger partial charge in [-0.15, -0.1) is 0 Å². The summed E-state index contributed by atoms with van der Waals surface area (Å²) in [6.45, 7) is 0. The summed E-state index contributed by atoms with van der Waals surface area (Å²) in [5.74, 6) is -0.505. The first kappa shape index (κ1) is 12.9. The molecule has 1 heterocycles. The highest BCUT2D eigenvalue weighted by atomic mass is 32.2. The van der Waals surface area contributed by atoms with Crippen molar-refractivity contribution < 1.29 is 25.8 Å². The Morgan fingerprint density at radius 1 is 1.38 bits per heavy atom. The van der Waals surface area contributed by atoms with Crippen LogP contribution in [0, 0.1) is 0 Å². The zero-order valence-electron chi connectivity index (χ0n) is 8.15. The lowest BCUT2D eigenvalue weighted by Gasteiger charge is -2.06. The summed E-state index contributed by atoms with van der Waals surface area (Å²) >= 11 is 0. The van der Waals surface area contributed by atoms with Gasteiger partial charge in [0.1, 0.15) is 11.4 Å². The summed E-state index contributed by atoms with van der Waals surface area (Å²) in [5, 5.41) is 0. The Bertz CT molecular complexity index is 452. The number of pyridine rings is 1. The summed E-state index contributed by atoms with van der Waals surface area (Å²) in [4.78, 5) is 3.12. The van der Waals surface area contributed by atoms with Crippen molar-refractivity contribution >= 4 is 10.1 Å². The largest absolute Gasteiger partial charge is 0.433 e. The van der Waals surface area contributed by atoms with Gasteiger partial charge in [0.15, 0.2) is 0 Å². The fourth-order valence-corrected chi connectivity index (χ4v) is 1.64. The van der Waals surface area contributed by atoms with E-state index in [-0.39, 0.29) is 5.56 Å². The molecule has 0 bridgehead atoms. The molecule has 0 aromatic carbocycles. The number of rotatable bonds is 3.